The van der Waals surface area contributed by atoms with Gasteiger partial charge in [0.2, 0.25) is 0 Å². The second-order valence-corrected chi connectivity index (χ2v) is 12.4. The molecule has 6 heteroatoms. The number of Topliss-reactive ketones (excluding diaryl/α,β-unsaturated/α-hetero) is 1. The van der Waals surface area contributed by atoms with Crippen molar-refractivity contribution in [2.24, 2.45) is 28.6 Å². The third-order valence-corrected chi connectivity index (χ3v) is 8.87. The largest absolute Gasteiger partial charge is 0.458 e. The first kappa shape index (κ1) is 28.5. The van der Waals surface area contributed by atoms with Crippen molar-refractivity contribution in [3.05, 3.63) is 35.2 Å². The number of aryl methyl sites for hydroxylation is 1. The van der Waals surface area contributed by atoms with E-state index in [1.165, 1.54) is 0 Å². The van der Waals surface area contributed by atoms with Gasteiger partial charge in [0, 0.05) is 12.1 Å². The molecule has 0 amide bonds. The Balaban J connectivity index is 1.86. The van der Waals surface area contributed by atoms with Gasteiger partial charge in [0.05, 0.1) is 29.7 Å². The first-order valence-corrected chi connectivity index (χ1v) is 13.5. The number of aliphatic hydroxyl groups excluding tert-OH is 2. The first-order valence-electron chi connectivity index (χ1n) is 13.5. The summed E-state index contributed by atoms with van der Waals surface area (Å²) in [4.78, 5) is 30.7. The molecule has 200 valence electrons. The van der Waals surface area contributed by atoms with Crippen molar-refractivity contribution in [3.8, 4) is 0 Å². The van der Waals surface area contributed by atoms with E-state index in [-0.39, 0.29) is 23.5 Å². The minimum atomic E-state index is -1.20. The maximum Gasteiger partial charge on any atom is 0.309 e. The second kappa shape index (κ2) is 11.1. The van der Waals surface area contributed by atoms with Gasteiger partial charge in [-0.1, -0.05) is 47.1 Å². The number of nitrogens with zero attached hydrogens (tertiary/aromatic N) is 1. The molecule has 1 aromatic rings. The summed E-state index contributed by atoms with van der Waals surface area (Å²) in [6, 6.07) is 3.95. The zero-order valence-electron chi connectivity index (χ0n) is 23.1. The molecule has 1 aliphatic carbocycles. The fraction of sp³-hybridized carbons (Fsp3) is 0.700. The van der Waals surface area contributed by atoms with E-state index >= 15 is 0 Å². The zero-order valence-corrected chi connectivity index (χ0v) is 23.1. The molecule has 6 nitrogen and oxygen atoms in total. The Morgan fingerprint density at radius 3 is 2.50 bits per heavy atom. The van der Waals surface area contributed by atoms with Gasteiger partial charge in [-0.15, -0.1) is 0 Å². The Hall–Kier alpha value is -2.05. The van der Waals surface area contributed by atoms with Crippen LogP contribution in [-0.4, -0.2) is 45.3 Å². The van der Waals surface area contributed by atoms with Crippen LogP contribution in [0, 0.1) is 35.5 Å². The number of ketones is 1. The highest BCUT2D eigenvalue weighted by Crippen LogP contribution is 2.58. The Morgan fingerprint density at radius 1 is 1.17 bits per heavy atom. The summed E-state index contributed by atoms with van der Waals surface area (Å²) in [6.45, 7) is 13.3. The molecule has 1 saturated carbocycles. The molecule has 0 radical (unpaired) electrons. The molecule has 1 aromatic heterocycles. The van der Waals surface area contributed by atoms with Crippen LogP contribution in [0.1, 0.15) is 91.3 Å². The third-order valence-electron chi connectivity index (χ3n) is 8.87. The quantitative estimate of drug-likeness (QED) is 0.537. The van der Waals surface area contributed by atoms with Gasteiger partial charge in [0.1, 0.15) is 11.9 Å². The molecule has 2 N–H and O–H groups in total. The van der Waals surface area contributed by atoms with E-state index in [4.69, 9.17) is 4.74 Å². The molecule has 1 aliphatic heterocycles. The number of fused-ring (bicyclic) bond motifs is 1. The van der Waals surface area contributed by atoms with Crippen LogP contribution in [0.25, 0.3) is 6.08 Å². The van der Waals surface area contributed by atoms with Gasteiger partial charge in [-0.3, -0.25) is 14.6 Å². The molecular formula is C30H45NO5. The van der Waals surface area contributed by atoms with Crippen molar-refractivity contribution in [2.45, 2.75) is 105 Å². The lowest BCUT2D eigenvalue weighted by molar-refractivity contribution is -0.154. The van der Waals surface area contributed by atoms with Crippen molar-refractivity contribution in [2.75, 3.05) is 0 Å². The lowest BCUT2D eigenvalue weighted by atomic mass is 9.73. The Kier molecular flexibility index (Phi) is 8.82. The lowest BCUT2D eigenvalue weighted by Gasteiger charge is -2.34. The number of ether oxygens (including phenoxy) is 1. The smallest absolute Gasteiger partial charge is 0.309 e. The number of aromatic nitrogens is 1. The van der Waals surface area contributed by atoms with Crippen molar-refractivity contribution >= 4 is 17.8 Å². The zero-order chi connectivity index (χ0) is 26.8. The Morgan fingerprint density at radius 2 is 1.86 bits per heavy atom. The van der Waals surface area contributed by atoms with Crippen molar-refractivity contribution in [3.63, 3.8) is 0 Å². The van der Waals surface area contributed by atoms with Crippen LogP contribution in [0.15, 0.2) is 23.9 Å². The van der Waals surface area contributed by atoms with Gasteiger partial charge in [0.15, 0.2) is 0 Å². The number of carbonyl (C=O) groups is 2. The van der Waals surface area contributed by atoms with Crippen molar-refractivity contribution in [1.82, 2.24) is 4.98 Å². The molecular weight excluding hydrogens is 454 g/mol. The van der Waals surface area contributed by atoms with Crippen molar-refractivity contribution < 1.29 is 24.5 Å². The number of hydrogen-bond donors (Lipinski definition) is 2. The van der Waals surface area contributed by atoms with Crippen LogP contribution in [-0.2, 0) is 14.3 Å². The predicted molar refractivity (Wildman–Crippen MR) is 141 cm³/mol. The van der Waals surface area contributed by atoms with E-state index in [1.54, 1.807) is 20.8 Å². The standard InChI is InChI=1S/C30H45NO5/c1-18-10-11-23(31-17-18)13-20(3)24-14-22-16-30(22,7)12-8-9-19(2)27(34)21(4)28(35)29(5,6)25(32)15-26(33)36-24/h10-11,13,17,19,21-22,24-25,27,32,34H,8-9,12,14-16H2,1-7H3/b20-13+/t19-,21+,22+,24?,25-,27-,30-/m0/s1. The summed E-state index contributed by atoms with van der Waals surface area (Å²) in [7, 11) is 0. The molecule has 1 saturated heterocycles. The van der Waals surface area contributed by atoms with E-state index in [9.17, 15) is 19.8 Å². The summed E-state index contributed by atoms with van der Waals surface area (Å²) in [6.07, 6.45) is 5.79. The number of pyridine rings is 1. The van der Waals surface area contributed by atoms with Gasteiger partial charge >= 0.3 is 5.97 Å². The topological polar surface area (TPSA) is 96.7 Å². The molecule has 0 bridgehead atoms. The van der Waals surface area contributed by atoms with Crippen LogP contribution < -0.4 is 0 Å². The van der Waals surface area contributed by atoms with Gasteiger partial charge in [-0.05, 0) is 80.1 Å². The summed E-state index contributed by atoms with van der Waals surface area (Å²) < 4.78 is 5.96. The SMILES string of the molecule is C/C(=C\c1ccc(C)cn1)C1C[C@@H]2C[C@]2(C)CCC[C@H](C)[C@H](O)[C@@H](C)C(=O)C(C)(C)[C@@H](O)CC(=O)O1. The van der Waals surface area contributed by atoms with Crippen LogP contribution in [0.2, 0.25) is 0 Å². The van der Waals surface area contributed by atoms with E-state index in [0.29, 0.717) is 5.92 Å². The highest BCUT2D eigenvalue weighted by Gasteiger charge is 2.50. The second-order valence-electron chi connectivity index (χ2n) is 12.4. The van der Waals surface area contributed by atoms with Crippen LogP contribution in [0.5, 0.6) is 0 Å². The highest BCUT2D eigenvalue weighted by atomic mass is 16.5. The number of aliphatic hydroxyl groups is 2. The Labute approximate surface area is 216 Å². The van der Waals surface area contributed by atoms with Gasteiger partial charge in [-0.2, -0.15) is 0 Å². The highest BCUT2D eigenvalue weighted by molar-refractivity contribution is 5.88. The number of hydrogen-bond acceptors (Lipinski definition) is 6. The van der Waals surface area contributed by atoms with Crippen LogP contribution in [0.3, 0.4) is 0 Å². The minimum absolute atomic E-state index is 0.0181. The van der Waals surface area contributed by atoms with Crippen LogP contribution >= 0.6 is 0 Å². The average molecular weight is 500 g/mol. The molecule has 2 heterocycles. The molecule has 7 atom stereocenters. The van der Waals surface area contributed by atoms with Crippen LogP contribution in [0.4, 0.5) is 0 Å². The van der Waals surface area contributed by atoms with Gasteiger partial charge < -0.3 is 14.9 Å². The van der Waals surface area contributed by atoms with E-state index in [0.717, 1.165) is 48.9 Å². The van der Waals surface area contributed by atoms with E-state index in [1.807, 2.05) is 45.2 Å². The molecule has 2 aliphatic rings. The summed E-state index contributed by atoms with van der Waals surface area (Å²) in [5.74, 6) is -0.955. The maximum atomic E-state index is 13.3. The van der Waals surface area contributed by atoms with Gasteiger partial charge in [-0.25, -0.2) is 0 Å². The molecule has 2 fully saturated rings. The van der Waals surface area contributed by atoms with Gasteiger partial charge in [0.25, 0.3) is 0 Å². The maximum absolute atomic E-state index is 13.3. The fourth-order valence-corrected chi connectivity index (χ4v) is 5.67. The Bertz CT molecular complexity index is 968. The molecule has 3 rings (SSSR count). The molecule has 0 aromatic carbocycles. The summed E-state index contributed by atoms with van der Waals surface area (Å²) in [5.41, 5.74) is 1.82. The predicted octanol–water partition coefficient (Wildman–Crippen LogP) is 5.28. The number of cyclic esters (lactones) is 1. The van der Waals surface area contributed by atoms with Crippen molar-refractivity contribution in [1.29, 1.82) is 0 Å². The lowest BCUT2D eigenvalue weighted by Crippen LogP contribution is -2.45. The van der Waals surface area contributed by atoms with E-state index in [2.05, 4.69) is 11.9 Å². The summed E-state index contributed by atoms with van der Waals surface area (Å²) >= 11 is 0. The monoisotopic (exact) mass is 499 g/mol. The third kappa shape index (κ3) is 6.63. The molecule has 0 spiro atoms. The minimum Gasteiger partial charge on any atom is -0.458 e. The molecule has 36 heavy (non-hydrogen) atoms. The number of esters is 1. The number of rotatable bonds is 2. The normalized spacial score (nSPS) is 36.6. The molecule has 1 unspecified atom stereocenters. The number of carbonyl (C=O) groups excluding carboxylic acids is 2. The van der Waals surface area contributed by atoms with E-state index < -0.39 is 35.6 Å². The average Bonchev–Trinajstić information content (AvgIpc) is 3.46. The summed E-state index contributed by atoms with van der Waals surface area (Å²) in [5, 5.41) is 21.8. The fourth-order valence-electron chi connectivity index (χ4n) is 5.67. The first-order chi connectivity index (χ1) is 16.7.